The van der Waals surface area contributed by atoms with E-state index in [0.29, 0.717) is 6.61 Å². The molecule has 0 aliphatic rings. The molecule has 0 saturated heterocycles. The third-order valence-electron chi connectivity index (χ3n) is 1.98. The SMILES string of the molecule is Clc1nc(Cl)nc(OCC=Cc2ccccc2)n1. The van der Waals surface area contributed by atoms with E-state index in [9.17, 15) is 0 Å². The molecule has 4 nitrogen and oxygen atoms in total. The van der Waals surface area contributed by atoms with Crippen LogP contribution in [0.5, 0.6) is 6.01 Å². The van der Waals surface area contributed by atoms with Crippen LogP contribution < -0.4 is 4.74 Å². The van der Waals surface area contributed by atoms with Gasteiger partial charge in [-0.25, -0.2) is 0 Å². The second kappa shape index (κ2) is 6.33. The average molecular weight is 282 g/mol. The summed E-state index contributed by atoms with van der Waals surface area (Å²) >= 11 is 11.2. The van der Waals surface area contributed by atoms with Crippen LogP contribution in [0.4, 0.5) is 0 Å². The van der Waals surface area contributed by atoms with E-state index in [4.69, 9.17) is 27.9 Å². The molecule has 0 amide bonds. The molecular formula is C12H9Cl2N3O. The molecule has 92 valence electrons. The summed E-state index contributed by atoms with van der Waals surface area (Å²) in [5.41, 5.74) is 1.09. The molecule has 18 heavy (non-hydrogen) atoms. The van der Waals surface area contributed by atoms with Crippen LogP contribution in [0.3, 0.4) is 0 Å². The summed E-state index contributed by atoms with van der Waals surface area (Å²) in [5, 5.41) is 0.0223. The first-order valence-electron chi connectivity index (χ1n) is 5.15. The minimum Gasteiger partial charge on any atom is -0.459 e. The Labute approximate surface area is 114 Å². The lowest BCUT2D eigenvalue weighted by molar-refractivity contribution is 0.332. The van der Waals surface area contributed by atoms with Crippen LogP contribution in [-0.2, 0) is 0 Å². The molecule has 6 heteroatoms. The van der Waals surface area contributed by atoms with Crippen molar-refractivity contribution in [1.29, 1.82) is 0 Å². The number of nitrogens with zero attached hydrogens (tertiary/aromatic N) is 3. The topological polar surface area (TPSA) is 47.9 Å². The van der Waals surface area contributed by atoms with Gasteiger partial charge in [-0.2, -0.15) is 15.0 Å². The van der Waals surface area contributed by atoms with Crippen molar-refractivity contribution in [2.45, 2.75) is 0 Å². The molecule has 0 spiro atoms. The van der Waals surface area contributed by atoms with Crippen LogP contribution in [0.25, 0.3) is 6.08 Å². The molecule has 0 N–H and O–H groups in total. The fraction of sp³-hybridized carbons (Fsp3) is 0.0833. The Morgan fingerprint density at radius 3 is 2.33 bits per heavy atom. The highest BCUT2D eigenvalue weighted by Gasteiger charge is 2.02. The summed E-state index contributed by atoms with van der Waals surface area (Å²) in [6.07, 6.45) is 3.78. The molecule has 1 aromatic carbocycles. The molecule has 0 aliphatic carbocycles. The smallest absolute Gasteiger partial charge is 0.322 e. The van der Waals surface area contributed by atoms with E-state index >= 15 is 0 Å². The average Bonchev–Trinajstić information content (AvgIpc) is 2.35. The van der Waals surface area contributed by atoms with Crippen LogP contribution in [0.2, 0.25) is 10.6 Å². The molecule has 2 rings (SSSR count). The van der Waals surface area contributed by atoms with Crippen molar-refractivity contribution in [3.05, 3.63) is 52.5 Å². The number of hydrogen-bond acceptors (Lipinski definition) is 4. The highest BCUT2D eigenvalue weighted by molar-refractivity contribution is 6.31. The zero-order valence-electron chi connectivity index (χ0n) is 9.25. The molecule has 2 aromatic rings. The molecule has 1 aromatic heterocycles. The lowest BCUT2D eigenvalue weighted by Gasteiger charge is -2.00. The largest absolute Gasteiger partial charge is 0.459 e. The van der Waals surface area contributed by atoms with Gasteiger partial charge >= 0.3 is 6.01 Å². The van der Waals surface area contributed by atoms with Crippen molar-refractivity contribution in [3.63, 3.8) is 0 Å². The number of benzene rings is 1. The predicted molar refractivity (Wildman–Crippen MR) is 70.8 cm³/mol. The molecule has 0 saturated carbocycles. The zero-order chi connectivity index (χ0) is 12.8. The van der Waals surface area contributed by atoms with E-state index < -0.39 is 0 Å². The second-order valence-corrected chi connectivity index (χ2v) is 3.96. The fourth-order valence-corrected chi connectivity index (χ4v) is 1.59. The van der Waals surface area contributed by atoms with E-state index in [1.807, 2.05) is 42.5 Å². The first-order valence-corrected chi connectivity index (χ1v) is 5.91. The van der Waals surface area contributed by atoms with Gasteiger partial charge < -0.3 is 4.74 Å². The van der Waals surface area contributed by atoms with Crippen molar-refractivity contribution < 1.29 is 4.74 Å². The van der Waals surface area contributed by atoms with Gasteiger partial charge in [-0.15, -0.1) is 0 Å². The van der Waals surface area contributed by atoms with E-state index in [1.54, 1.807) is 0 Å². The Hall–Kier alpha value is -1.65. The number of ether oxygens (including phenoxy) is 1. The van der Waals surface area contributed by atoms with E-state index in [1.165, 1.54) is 0 Å². The minimum atomic E-state index is 0.0111. The molecule has 1 heterocycles. The van der Waals surface area contributed by atoms with E-state index in [-0.39, 0.29) is 16.6 Å². The molecular weight excluding hydrogens is 273 g/mol. The zero-order valence-corrected chi connectivity index (χ0v) is 10.8. The van der Waals surface area contributed by atoms with Gasteiger partial charge in [-0.05, 0) is 34.8 Å². The van der Waals surface area contributed by atoms with Gasteiger partial charge in [0.1, 0.15) is 6.61 Å². The van der Waals surface area contributed by atoms with E-state index in [2.05, 4.69) is 15.0 Å². The van der Waals surface area contributed by atoms with Crippen LogP contribution >= 0.6 is 23.2 Å². The van der Waals surface area contributed by atoms with Crippen molar-refractivity contribution >= 4 is 29.3 Å². The summed E-state index contributed by atoms with van der Waals surface area (Å²) in [6.45, 7) is 0.325. The van der Waals surface area contributed by atoms with Gasteiger partial charge in [0.15, 0.2) is 0 Å². The Balaban J connectivity index is 1.90. The van der Waals surface area contributed by atoms with Crippen molar-refractivity contribution in [1.82, 2.24) is 15.0 Å². The summed E-state index contributed by atoms with van der Waals surface area (Å²) < 4.78 is 5.27. The second-order valence-electron chi connectivity index (χ2n) is 3.28. The summed E-state index contributed by atoms with van der Waals surface area (Å²) in [5.74, 6) is 0. The standard InChI is InChI=1S/C12H9Cl2N3O/c13-10-15-11(14)17-12(16-10)18-8-4-7-9-5-2-1-3-6-9/h1-7H,8H2. The van der Waals surface area contributed by atoms with Crippen LogP contribution in [0.15, 0.2) is 36.4 Å². The van der Waals surface area contributed by atoms with Crippen molar-refractivity contribution in [2.24, 2.45) is 0 Å². The minimum absolute atomic E-state index is 0.0111. The maximum absolute atomic E-state index is 5.61. The molecule has 0 bridgehead atoms. The third-order valence-corrected chi connectivity index (χ3v) is 2.32. The summed E-state index contributed by atoms with van der Waals surface area (Å²) in [7, 11) is 0. The maximum Gasteiger partial charge on any atom is 0.322 e. The van der Waals surface area contributed by atoms with Crippen LogP contribution in [-0.4, -0.2) is 21.6 Å². The van der Waals surface area contributed by atoms with Gasteiger partial charge in [0.2, 0.25) is 10.6 Å². The molecule has 0 radical (unpaired) electrons. The number of rotatable bonds is 4. The third kappa shape index (κ3) is 3.98. The van der Waals surface area contributed by atoms with E-state index in [0.717, 1.165) is 5.56 Å². The van der Waals surface area contributed by atoms with Gasteiger partial charge in [-0.3, -0.25) is 0 Å². The number of aromatic nitrogens is 3. The summed E-state index contributed by atoms with van der Waals surface area (Å²) in [6, 6.07) is 9.99. The lowest BCUT2D eigenvalue weighted by atomic mass is 10.2. The highest BCUT2D eigenvalue weighted by Crippen LogP contribution is 2.11. The lowest BCUT2D eigenvalue weighted by Crippen LogP contribution is -2.00. The number of hydrogen-bond donors (Lipinski definition) is 0. The maximum atomic E-state index is 5.61. The normalized spacial score (nSPS) is 10.8. The Morgan fingerprint density at radius 1 is 1.00 bits per heavy atom. The van der Waals surface area contributed by atoms with Gasteiger partial charge in [0.05, 0.1) is 0 Å². The first-order chi connectivity index (χ1) is 8.74. The predicted octanol–water partition coefficient (Wildman–Crippen LogP) is 3.27. The number of halogens is 2. The quantitative estimate of drug-likeness (QED) is 0.863. The molecule has 0 fully saturated rings. The molecule has 0 atom stereocenters. The van der Waals surface area contributed by atoms with Crippen molar-refractivity contribution in [2.75, 3.05) is 6.61 Å². The van der Waals surface area contributed by atoms with Gasteiger partial charge in [0.25, 0.3) is 0 Å². The highest BCUT2D eigenvalue weighted by atomic mass is 35.5. The Kier molecular flexibility index (Phi) is 4.50. The van der Waals surface area contributed by atoms with Crippen LogP contribution in [0, 0.1) is 0 Å². The van der Waals surface area contributed by atoms with Crippen molar-refractivity contribution in [3.8, 4) is 6.01 Å². The Morgan fingerprint density at radius 2 is 1.67 bits per heavy atom. The molecule has 0 unspecified atom stereocenters. The molecule has 0 aliphatic heterocycles. The monoisotopic (exact) mass is 281 g/mol. The fourth-order valence-electron chi connectivity index (χ4n) is 1.24. The van der Waals surface area contributed by atoms with Gasteiger partial charge in [-0.1, -0.05) is 36.4 Å². The summed E-state index contributed by atoms with van der Waals surface area (Å²) in [4.78, 5) is 11.2. The Bertz CT molecular complexity index is 526. The van der Waals surface area contributed by atoms with Gasteiger partial charge in [0, 0.05) is 0 Å². The first kappa shape index (κ1) is 12.8. The van der Waals surface area contributed by atoms with Crippen LogP contribution in [0.1, 0.15) is 5.56 Å².